The summed E-state index contributed by atoms with van der Waals surface area (Å²) in [5, 5.41) is 8.55. The summed E-state index contributed by atoms with van der Waals surface area (Å²) in [5.74, 6) is 0.482. The van der Waals surface area contributed by atoms with Gasteiger partial charge in [0.25, 0.3) is 0 Å². The van der Waals surface area contributed by atoms with Gasteiger partial charge in [0.1, 0.15) is 0 Å². The first-order valence-electron chi connectivity index (χ1n) is 6.90. The lowest BCUT2D eigenvalue weighted by Gasteiger charge is -2.31. The van der Waals surface area contributed by atoms with Crippen molar-refractivity contribution in [3.05, 3.63) is 11.9 Å². The molecule has 2 aliphatic rings. The van der Waals surface area contributed by atoms with Gasteiger partial charge < -0.3 is 4.90 Å². The third kappa shape index (κ3) is 2.37. The zero-order chi connectivity index (χ0) is 11.8. The first-order chi connectivity index (χ1) is 8.24. The normalized spacial score (nSPS) is 23.5. The van der Waals surface area contributed by atoms with Crippen LogP contribution in [0.3, 0.4) is 0 Å². The van der Waals surface area contributed by atoms with Gasteiger partial charge in [-0.25, -0.2) is 4.68 Å². The van der Waals surface area contributed by atoms with Gasteiger partial charge in [-0.1, -0.05) is 19.1 Å². The van der Waals surface area contributed by atoms with Crippen LogP contribution in [-0.4, -0.2) is 39.0 Å². The highest BCUT2D eigenvalue weighted by Gasteiger charge is 2.32. The zero-order valence-electron chi connectivity index (χ0n) is 10.8. The molecule has 3 rings (SSSR count). The Morgan fingerprint density at radius 1 is 1.12 bits per heavy atom. The molecule has 0 radical (unpaired) electrons. The van der Waals surface area contributed by atoms with Gasteiger partial charge in [-0.05, 0) is 31.6 Å². The number of aromatic nitrogens is 3. The monoisotopic (exact) mass is 234 g/mol. The summed E-state index contributed by atoms with van der Waals surface area (Å²) >= 11 is 0. The molecule has 17 heavy (non-hydrogen) atoms. The van der Waals surface area contributed by atoms with Crippen LogP contribution < -0.4 is 0 Å². The summed E-state index contributed by atoms with van der Waals surface area (Å²) in [6, 6.07) is 1.49. The Kier molecular flexibility index (Phi) is 2.90. The minimum Gasteiger partial charge on any atom is -0.300 e. The van der Waals surface area contributed by atoms with E-state index in [0.29, 0.717) is 12.0 Å². The number of rotatable bonds is 3. The molecule has 0 N–H and O–H groups in total. The lowest BCUT2D eigenvalue weighted by atomic mass is 10.1. The van der Waals surface area contributed by atoms with Gasteiger partial charge in [-0.15, -0.1) is 5.10 Å². The van der Waals surface area contributed by atoms with E-state index in [0.717, 1.165) is 11.7 Å². The molecule has 4 nitrogen and oxygen atoms in total. The van der Waals surface area contributed by atoms with Crippen LogP contribution in [0.2, 0.25) is 0 Å². The Morgan fingerprint density at radius 2 is 1.82 bits per heavy atom. The van der Waals surface area contributed by atoms with Crippen molar-refractivity contribution in [1.29, 1.82) is 0 Å². The highest BCUT2D eigenvalue weighted by Crippen LogP contribution is 2.32. The first-order valence-corrected chi connectivity index (χ1v) is 6.90. The summed E-state index contributed by atoms with van der Waals surface area (Å²) in [6.45, 7) is 6.83. The second-order valence-corrected chi connectivity index (χ2v) is 5.78. The molecule has 94 valence electrons. The maximum absolute atomic E-state index is 4.29. The fourth-order valence-corrected chi connectivity index (χ4v) is 2.69. The van der Waals surface area contributed by atoms with E-state index in [-0.39, 0.29) is 0 Å². The van der Waals surface area contributed by atoms with Gasteiger partial charge in [-0.3, -0.25) is 0 Å². The van der Waals surface area contributed by atoms with Gasteiger partial charge in [-0.2, -0.15) is 0 Å². The van der Waals surface area contributed by atoms with Crippen LogP contribution >= 0.6 is 0 Å². The average molecular weight is 234 g/mol. The van der Waals surface area contributed by atoms with Crippen molar-refractivity contribution < 1.29 is 0 Å². The van der Waals surface area contributed by atoms with Crippen LogP contribution in [0.4, 0.5) is 0 Å². The predicted molar refractivity (Wildman–Crippen MR) is 67.0 cm³/mol. The smallest absolute Gasteiger partial charge is 0.0852 e. The maximum Gasteiger partial charge on any atom is 0.0852 e. The zero-order valence-corrected chi connectivity index (χ0v) is 10.8. The van der Waals surface area contributed by atoms with Gasteiger partial charge in [0, 0.05) is 25.3 Å². The molecular weight excluding hydrogens is 212 g/mol. The molecule has 1 saturated carbocycles. The van der Waals surface area contributed by atoms with Crippen LogP contribution in [0.5, 0.6) is 0 Å². The third-order valence-electron chi connectivity index (χ3n) is 4.06. The van der Waals surface area contributed by atoms with E-state index in [2.05, 4.69) is 39.9 Å². The van der Waals surface area contributed by atoms with Crippen LogP contribution in [-0.2, 0) is 0 Å². The summed E-state index contributed by atoms with van der Waals surface area (Å²) in [6.07, 6.45) is 7.45. The fraction of sp³-hybridized carbons (Fsp3) is 0.846. The van der Waals surface area contributed by atoms with Crippen LogP contribution in [0.25, 0.3) is 0 Å². The van der Waals surface area contributed by atoms with Crippen molar-refractivity contribution in [3.63, 3.8) is 0 Å². The number of hydrogen-bond acceptors (Lipinski definition) is 3. The molecule has 2 heterocycles. The molecule has 2 fully saturated rings. The number of hydrogen-bond donors (Lipinski definition) is 0. The lowest BCUT2D eigenvalue weighted by Crippen LogP contribution is -2.36. The standard InChI is InChI=1S/C13H22N4/c1-10(2)13-9-17(15-14-13)12-5-7-16(8-6-12)11-3-4-11/h9-12H,3-8H2,1-2H3. The van der Waals surface area contributed by atoms with E-state index in [1.807, 2.05) is 0 Å². The summed E-state index contributed by atoms with van der Waals surface area (Å²) in [4.78, 5) is 2.65. The SMILES string of the molecule is CC(C)c1cn(C2CCN(C3CC3)CC2)nn1. The first kappa shape index (κ1) is 11.2. The maximum atomic E-state index is 4.29. The van der Waals surface area contributed by atoms with E-state index in [1.165, 1.54) is 38.8 Å². The molecule has 1 aliphatic carbocycles. The van der Waals surface area contributed by atoms with E-state index in [9.17, 15) is 0 Å². The molecule has 0 spiro atoms. The Balaban J connectivity index is 1.61. The topological polar surface area (TPSA) is 34.0 Å². The van der Waals surface area contributed by atoms with Crippen molar-refractivity contribution in [1.82, 2.24) is 19.9 Å². The number of likely N-dealkylation sites (tertiary alicyclic amines) is 1. The molecule has 1 saturated heterocycles. The van der Waals surface area contributed by atoms with Gasteiger partial charge in [0.05, 0.1) is 11.7 Å². The predicted octanol–water partition coefficient (Wildman–Crippen LogP) is 2.20. The molecule has 1 aromatic heterocycles. The molecule has 0 bridgehead atoms. The molecule has 4 heteroatoms. The van der Waals surface area contributed by atoms with E-state index in [1.54, 1.807) is 0 Å². The van der Waals surface area contributed by atoms with Gasteiger partial charge in [0.2, 0.25) is 0 Å². The second-order valence-electron chi connectivity index (χ2n) is 5.78. The minimum absolute atomic E-state index is 0.482. The Morgan fingerprint density at radius 3 is 2.35 bits per heavy atom. The molecule has 1 aliphatic heterocycles. The summed E-state index contributed by atoms with van der Waals surface area (Å²) < 4.78 is 2.10. The molecule has 1 aromatic rings. The van der Waals surface area contributed by atoms with E-state index in [4.69, 9.17) is 0 Å². The van der Waals surface area contributed by atoms with Crippen molar-refractivity contribution in [2.75, 3.05) is 13.1 Å². The van der Waals surface area contributed by atoms with Crippen LogP contribution in [0.1, 0.15) is 57.2 Å². The molecule has 0 aromatic carbocycles. The number of nitrogens with zero attached hydrogens (tertiary/aromatic N) is 4. The van der Waals surface area contributed by atoms with Gasteiger partial charge in [0.15, 0.2) is 0 Å². The lowest BCUT2D eigenvalue weighted by molar-refractivity contribution is 0.171. The molecule has 0 atom stereocenters. The molecule has 0 amide bonds. The largest absolute Gasteiger partial charge is 0.300 e. The van der Waals surface area contributed by atoms with E-state index < -0.39 is 0 Å². The van der Waals surface area contributed by atoms with Crippen LogP contribution in [0.15, 0.2) is 6.20 Å². The minimum atomic E-state index is 0.482. The van der Waals surface area contributed by atoms with E-state index >= 15 is 0 Å². The van der Waals surface area contributed by atoms with Crippen molar-refractivity contribution in [2.45, 2.75) is 57.5 Å². The second kappa shape index (κ2) is 4.41. The highest BCUT2D eigenvalue weighted by molar-refractivity contribution is 4.99. The highest BCUT2D eigenvalue weighted by atomic mass is 15.4. The fourth-order valence-electron chi connectivity index (χ4n) is 2.69. The van der Waals surface area contributed by atoms with Crippen molar-refractivity contribution in [2.24, 2.45) is 0 Å². The van der Waals surface area contributed by atoms with Crippen LogP contribution in [0, 0.1) is 0 Å². The van der Waals surface area contributed by atoms with Gasteiger partial charge >= 0.3 is 0 Å². The third-order valence-corrected chi connectivity index (χ3v) is 4.06. The van der Waals surface area contributed by atoms with Crippen molar-refractivity contribution in [3.8, 4) is 0 Å². The molecular formula is C13H22N4. The summed E-state index contributed by atoms with van der Waals surface area (Å²) in [7, 11) is 0. The Labute approximate surface area is 103 Å². The average Bonchev–Trinajstić information content (AvgIpc) is 3.06. The quantitative estimate of drug-likeness (QED) is 0.804. The Hall–Kier alpha value is -0.900. The number of piperidine rings is 1. The Bertz CT molecular complexity index is 373. The molecule has 0 unspecified atom stereocenters. The summed E-state index contributed by atoms with van der Waals surface area (Å²) in [5.41, 5.74) is 1.12. The van der Waals surface area contributed by atoms with Crippen molar-refractivity contribution >= 4 is 0 Å².